The summed E-state index contributed by atoms with van der Waals surface area (Å²) in [7, 11) is -3.66. The molecule has 2 aromatic carbocycles. The maximum Gasteiger partial charge on any atom is 0.261 e. The molecule has 0 unspecified atom stereocenters. The molecule has 0 aliphatic rings. The molecule has 0 atom stereocenters. The molecule has 0 bridgehead atoms. The maximum absolute atomic E-state index is 12.4. The number of nitrogens with one attached hydrogen (secondary N) is 2. The Balaban J connectivity index is 2.11. The summed E-state index contributed by atoms with van der Waals surface area (Å²) in [6.07, 6.45) is 2.74. The fourth-order valence-electron chi connectivity index (χ4n) is 2.13. The van der Waals surface area contributed by atoms with E-state index in [1.807, 2.05) is 27.0 Å². The SMILES string of the molecule is CCC(C)(C)NC(=O)c1ccc(NS(=O)(=O)c2ccc(SC)cc2)cc1. The Kier molecular flexibility index (Phi) is 6.36. The molecule has 26 heavy (non-hydrogen) atoms. The summed E-state index contributed by atoms with van der Waals surface area (Å²) in [5, 5.41) is 2.95. The zero-order valence-corrected chi connectivity index (χ0v) is 17.0. The smallest absolute Gasteiger partial charge is 0.261 e. The van der Waals surface area contributed by atoms with Gasteiger partial charge in [0, 0.05) is 21.7 Å². The minimum Gasteiger partial charge on any atom is -0.347 e. The van der Waals surface area contributed by atoms with Crippen LogP contribution in [0, 0.1) is 0 Å². The molecule has 2 aromatic rings. The second kappa shape index (κ2) is 8.14. The van der Waals surface area contributed by atoms with Crippen LogP contribution in [0.4, 0.5) is 5.69 Å². The average molecular weight is 393 g/mol. The number of amides is 1. The average Bonchev–Trinajstić information content (AvgIpc) is 2.61. The molecule has 0 saturated carbocycles. The van der Waals surface area contributed by atoms with Gasteiger partial charge in [-0.2, -0.15) is 0 Å². The van der Waals surface area contributed by atoms with Gasteiger partial charge in [0.05, 0.1) is 4.90 Å². The van der Waals surface area contributed by atoms with E-state index in [0.29, 0.717) is 11.3 Å². The molecule has 0 saturated heterocycles. The van der Waals surface area contributed by atoms with Crippen molar-refractivity contribution in [2.45, 2.75) is 42.5 Å². The third kappa shape index (κ3) is 5.25. The predicted octanol–water partition coefficient (Wildman–Crippen LogP) is 4.13. The Morgan fingerprint density at radius 2 is 1.62 bits per heavy atom. The minimum atomic E-state index is -3.66. The maximum atomic E-state index is 12.4. The fraction of sp³-hybridized carbons (Fsp3) is 0.316. The standard InChI is InChI=1S/C19H24N2O3S2/c1-5-19(2,3)20-18(22)14-6-8-15(9-7-14)21-26(23,24)17-12-10-16(25-4)11-13-17/h6-13,21H,5H2,1-4H3,(H,20,22). The molecule has 0 fully saturated rings. The molecular formula is C19H24N2O3S2. The molecule has 2 N–H and O–H groups in total. The normalized spacial score (nSPS) is 11.8. The molecule has 0 aliphatic carbocycles. The lowest BCUT2D eigenvalue weighted by Gasteiger charge is -2.24. The molecule has 1 amide bonds. The van der Waals surface area contributed by atoms with Crippen molar-refractivity contribution in [2.75, 3.05) is 11.0 Å². The highest BCUT2D eigenvalue weighted by Crippen LogP contribution is 2.20. The number of hydrogen-bond donors (Lipinski definition) is 2. The topological polar surface area (TPSA) is 75.3 Å². The number of benzene rings is 2. The number of sulfonamides is 1. The van der Waals surface area contributed by atoms with E-state index in [-0.39, 0.29) is 16.3 Å². The van der Waals surface area contributed by atoms with Crippen LogP contribution >= 0.6 is 11.8 Å². The Morgan fingerprint density at radius 3 is 2.12 bits per heavy atom. The third-order valence-electron chi connectivity index (χ3n) is 4.10. The van der Waals surface area contributed by atoms with E-state index in [2.05, 4.69) is 10.0 Å². The lowest BCUT2D eigenvalue weighted by atomic mass is 10.0. The molecule has 7 heteroatoms. The van der Waals surface area contributed by atoms with Crippen LogP contribution in [0.2, 0.25) is 0 Å². The van der Waals surface area contributed by atoms with Gasteiger partial charge in [-0.15, -0.1) is 11.8 Å². The van der Waals surface area contributed by atoms with E-state index in [9.17, 15) is 13.2 Å². The van der Waals surface area contributed by atoms with Gasteiger partial charge in [0.25, 0.3) is 15.9 Å². The lowest BCUT2D eigenvalue weighted by Crippen LogP contribution is -2.42. The molecule has 2 rings (SSSR count). The number of carbonyl (C=O) groups is 1. The summed E-state index contributed by atoms with van der Waals surface area (Å²) in [6.45, 7) is 5.91. The van der Waals surface area contributed by atoms with Gasteiger partial charge >= 0.3 is 0 Å². The van der Waals surface area contributed by atoms with Gasteiger partial charge in [-0.25, -0.2) is 8.42 Å². The monoisotopic (exact) mass is 392 g/mol. The van der Waals surface area contributed by atoms with Gasteiger partial charge in [-0.1, -0.05) is 6.92 Å². The van der Waals surface area contributed by atoms with Gasteiger partial charge < -0.3 is 5.32 Å². The van der Waals surface area contributed by atoms with Crippen LogP contribution in [-0.4, -0.2) is 26.1 Å². The van der Waals surface area contributed by atoms with Crippen molar-refractivity contribution < 1.29 is 13.2 Å². The third-order valence-corrected chi connectivity index (χ3v) is 6.25. The zero-order chi connectivity index (χ0) is 19.4. The summed E-state index contributed by atoms with van der Waals surface area (Å²) in [5.41, 5.74) is 0.601. The van der Waals surface area contributed by atoms with Crippen LogP contribution in [0.15, 0.2) is 58.3 Å². The zero-order valence-electron chi connectivity index (χ0n) is 15.4. The van der Waals surface area contributed by atoms with Gasteiger partial charge in [-0.05, 0) is 75.1 Å². The lowest BCUT2D eigenvalue weighted by molar-refractivity contribution is 0.0911. The van der Waals surface area contributed by atoms with Crippen molar-refractivity contribution >= 4 is 33.4 Å². The highest BCUT2D eigenvalue weighted by atomic mass is 32.2. The Hall–Kier alpha value is -1.99. The highest BCUT2D eigenvalue weighted by Gasteiger charge is 2.19. The second-order valence-electron chi connectivity index (χ2n) is 6.55. The van der Waals surface area contributed by atoms with Gasteiger partial charge in [0.1, 0.15) is 0 Å². The molecule has 140 valence electrons. The van der Waals surface area contributed by atoms with Crippen LogP contribution in [0.5, 0.6) is 0 Å². The van der Waals surface area contributed by atoms with Crippen molar-refractivity contribution in [1.29, 1.82) is 0 Å². The van der Waals surface area contributed by atoms with Crippen molar-refractivity contribution in [3.63, 3.8) is 0 Å². The van der Waals surface area contributed by atoms with Crippen LogP contribution in [0.3, 0.4) is 0 Å². The van der Waals surface area contributed by atoms with Crippen molar-refractivity contribution in [1.82, 2.24) is 5.32 Å². The number of rotatable bonds is 7. The van der Waals surface area contributed by atoms with Crippen LogP contribution in [0.1, 0.15) is 37.6 Å². The first-order valence-electron chi connectivity index (χ1n) is 8.26. The Labute approximate surface area is 159 Å². The molecule has 0 radical (unpaired) electrons. The molecule has 0 heterocycles. The molecular weight excluding hydrogens is 368 g/mol. The summed E-state index contributed by atoms with van der Waals surface area (Å²) >= 11 is 1.55. The second-order valence-corrected chi connectivity index (χ2v) is 9.11. The Morgan fingerprint density at radius 1 is 1.04 bits per heavy atom. The first kappa shape index (κ1) is 20.3. The van der Waals surface area contributed by atoms with Crippen LogP contribution in [-0.2, 0) is 10.0 Å². The highest BCUT2D eigenvalue weighted by molar-refractivity contribution is 7.98. The van der Waals surface area contributed by atoms with E-state index in [1.54, 1.807) is 60.3 Å². The van der Waals surface area contributed by atoms with Gasteiger partial charge in [0.15, 0.2) is 0 Å². The van der Waals surface area contributed by atoms with Crippen molar-refractivity contribution in [3.8, 4) is 0 Å². The summed E-state index contributed by atoms with van der Waals surface area (Å²) in [5.74, 6) is -0.182. The quantitative estimate of drug-likeness (QED) is 0.695. The first-order valence-corrected chi connectivity index (χ1v) is 11.0. The molecule has 0 aliphatic heterocycles. The molecule has 0 aromatic heterocycles. The van der Waals surface area contributed by atoms with Gasteiger partial charge in [0.2, 0.25) is 0 Å². The summed E-state index contributed by atoms with van der Waals surface area (Å²) < 4.78 is 27.4. The molecule has 0 spiro atoms. The number of hydrogen-bond acceptors (Lipinski definition) is 4. The number of thioether (sulfide) groups is 1. The summed E-state index contributed by atoms with van der Waals surface area (Å²) in [4.78, 5) is 13.4. The minimum absolute atomic E-state index is 0.182. The molecule has 5 nitrogen and oxygen atoms in total. The number of carbonyl (C=O) groups excluding carboxylic acids is 1. The largest absolute Gasteiger partial charge is 0.347 e. The van der Waals surface area contributed by atoms with E-state index in [1.165, 1.54) is 0 Å². The van der Waals surface area contributed by atoms with Crippen LogP contribution in [0.25, 0.3) is 0 Å². The fourth-order valence-corrected chi connectivity index (χ4v) is 3.59. The van der Waals surface area contributed by atoms with E-state index in [0.717, 1.165) is 11.3 Å². The van der Waals surface area contributed by atoms with E-state index >= 15 is 0 Å². The van der Waals surface area contributed by atoms with Crippen molar-refractivity contribution in [2.24, 2.45) is 0 Å². The van der Waals surface area contributed by atoms with Gasteiger partial charge in [-0.3, -0.25) is 9.52 Å². The van der Waals surface area contributed by atoms with Crippen molar-refractivity contribution in [3.05, 3.63) is 54.1 Å². The predicted molar refractivity (Wildman–Crippen MR) is 107 cm³/mol. The Bertz CT molecular complexity index is 859. The van der Waals surface area contributed by atoms with E-state index < -0.39 is 10.0 Å². The summed E-state index contributed by atoms with van der Waals surface area (Å²) in [6, 6.07) is 13.1. The van der Waals surface area contributed by atoms with Crippen LogP contribution < -0.4 is 10.0 Å². The number of anilines is 1. The first-order chi connectivity index (χ1) is 12.2. The van der Waals surface area contributed by atoms with E-state index in [4.69, 9.17) is 0 Å².